The van der Waals surface area contributed by atoms with Crippen LogP contribution in [0, 0.1) is 11.8 Å². The molecule has 0 amide bonds. The van der Waals surface area contributed by atoms with Crippen LogP contribution in [0.3, 0.4) is 0 Å². The second-order valence-corrected chi connectivity index (χ2v) is 7.92. The maximum absolute atomic E-state index is 12.7. The van der Waals surface area contributed by atoms with E-state index >= 15 is 0 Å². The number of rotatable bonds is 10. The Morgan fingerprint density at radius 3 is 2.21 bits per heavy atom. The molecule has 0 bridgehead atoms. The van der Waals surface area contributed by atoms with Crippen LogP contribution < -0.4 is 0 Å². The molecule has 19 heavy (non-hydrogen) atoms. The van der Waals surface area contributed by atoms with Crippen molar-refractivity contribution in [1.29, 1.82) is 0 Å². The number of ether oxygens (including phenoxy) is 1. The van der Waals surface area contributed by atoms with Crippen LogP contribution in [0.4, 0.5) is 0 Å². The molecule has 0 spiro atoms. The first-order valence-electron chi connectivity index (χ1n) is 7.27. The van der Waals surface area contributed by atoms with Gasteiger partial charge in [-0.05, 0) is 32.6 Å². The van der Waals surface area contributed by atoms with E-state index in [1.54, 1.807) is 6.92 Å². The first-order valence-corrected chi connectivity index (χ1v) is 9.27. The highest BCUT2D eigenvalue weighted by atomic mass is 31.2. The molecule has 0 rings (SSSR count). The number of hydrogen-bond acceptors (Lipinski definition) is 4. The van der Waals surface area contributed by atoms with Gasteiger partial charge in [-0.3, -0.25) is 9.36 Å². The minimum atomic E-state index is -2.71. The van der Waals surface area contributed by atoms with E-state index < -0.39 is 7.37 Å². The van der Waals surface area contributed by atoms with Crippen LogP contribution in [0.15, 0.2) is 0 Å². The predicted molar refractivity (Wildman–Crippen MR) is 78.8 cm³/mol. The van der Waals surface area contributed by atoms with Crippen molar-refractivity contribution in [2.45, 2.75) is 47.5 Å². The van der Waals surface area contributed by atoms with Crippen LogP contribution >= 0.6 is 7.37 Å². The summed E-state index contributed by atoms with van der Waals surface area (Å²) < 4.78 is 23.2. The van der Waals surface area contributed by atoms with Crippen molar-refractivity contribution in [2.24, 2.45) is 11.8 Å². The zero-order valence-corrected chi connectivity index (χ0v) is 13.9. The quantitative estimate of drug-likeness (QED) is 0.452. The first kappa shape index (κ1) is 18.7. The van der Waals surface area contributed by atoms with E-state index in [0.29, 0.717) is 37.9 Å². The average Bonchev–Trinajstić information content (AvgIpc) is 2.28. The molecule has 0 aromatic carbocycles. The average molecular weight is 292 g/mol. The smallest absolute Gasteiger partial charge is 0.309 e. The van der Waals surface area contributed by atoms with Crippen molar-refractivity contribution in [2.75, 3.05) is 25.5 Å². The monoisotopic (exact) mass is 292 g/mol. The Bertz CT molecular complexity index is 292. The molecule has 0 aliphatic heterocycles. The Morgan fingerprint density at radius 2 is 1.79 bits per heavy atom. The zero-order valence-electron chi connectivity index (χ0n) is 13.0. The van der Waals surface area contributed by atoms with Gasteiger partial charge in [0.25, 0.3) is 0 Å². The molecule has 2 atom stereocenters. The summed E-state index contributed by atoms with van der Waals surface area (Å²) in [6, 6.07) is 0. The van der Waals surface area contributed by atoms with Gasteiger partial charge in [-0.15, -0.1) is 0 Å². The van der Waals surface area contributed by atoms with Crippen LogP contribution in [-0.4, -0.2) is 31.5 Å². The maximum atomic E-state index is 12.7. The fourth-order valence-electron chi connectivity index (χ4n) is 2.19. The number of esters is 1. The predicted octanol–water partition coefficient (Wildman–Crippen LogP) is 3.94. The van der Waals surface area contributed by atoms with Crippen LogP contribution in [0.1, 0.15) is 47.5 Å². The van der Waals surface area contributed by atoms with Crippen molar-refractivity contribution < 1.29 is 18.6 Å². The van der Waals surface area contributed by atoms with Gasteiger partial charge in [0.1, 0.15) is 0 Å². The van der Waals surface area contributed by atoms with E-state index in [9.17, 15) is 9.36 Å². The highest BCUT2D eigenvalue weighted by Gasteiger charge is 2.31. The Hall–Kier alpha value is -0.340. The number of hydrogen-bond donors (Lipinski definition) is 0. The van der Waals surface area contributed by atoms with Crippen molar-refractivity contribution in [3.63, 3.8) is 0 Å². The van der Waals surface area contributed by atoms with E-state index in [0.717, 1.165) is 6.42 Å². The van der Waals surface area contributed by atoms with E-state index in [2.05, 4.69) is 13.8 Å². The third kappa shape index (κ3) is 7.74. The lowest BCUT2D eigenvalue weighted by atomic mass is 9.99. The maximum Gasteiger partial charge on any atom is 0.309 e. The SMILES string of the molecule is CCCP(=O)(CC(CC(C)C)C(=O)OCC)OCC. The molecule has 0 aliphatic carbocycles. The second kappa shape index (κ2) is 9.55. The summed E-state index contributed by atoms with van der Waals surface area (Å²) in [7, 11) is -2.71. The molecular formula is C14H29O4P. The van der Waals surface area contributed by atoms with E-state index in [1.807, 2.05) is 13.8 Å². The molecule has 0 radical (unpaired) electrons. The summed E-state index contributed by atoms with van der Waals surface area (Å²) in [6.45, 7) is 10.5. The topological polar surface area (TPSA) is 52.6 Å². The molecule has 0 aliphatic rings. The van der Waals surface area contributed by atoms with Gasteiger partial charge >= 0.3 is 5.97 Å². The van der Waals surface area contributed by atoms with Gasteiger partial charge in [-0.1, -0.05) is 20.8 Å². The van der Waals surface area contributed by atoms with Gasteiger partial charge in [0.15, 0.2) is 0 Å². The minimum absolute atomic E-state index is 0.243. The van der Waals surface area contributed by atoms with Crippen LogP contribution in [0.2, 0.25) is 0 Å². The minimum Gasteiger partial charge on any atom is -0.466 e. The summed E-state index contributed by atoms with van der Waals surface area (Å²) in [5.41, 5.74) is 0. The molecule has 0 saturated carbocycles. The molecule has 0 N–H and O–H groups in total. The third-order valence-corrected chi connectivity index (χ3v) is 5.66. The first-order chi connectivity index (χ1) is 8.88. The number of carbonyl (C=O) groups is 1. The lowest BCUT2D eigenvalue weighted by Crippen LogP contribution is -2.24. The van der Waals surface area contributed by atoms with Crippen molar-refractivity contribution >= 4 is 13.3 Å². The van der Waals surface area contributed by atoms with Gasteiger partial charge < -0.3 is 9.26 Å². The lowest BCUT2D eigenvalue weighted by Gasteiger charge is -2.23. The molecule has 0 aromatic heterocycles. The van der Waals surface area contributed by atoms with Crippen LogP contribution in [0.5, 0.6) is 0 Å². The molecule has 0 saturated heterocycles. The Kier molecular flexibility index (Phi) is 9.38. The fraction of sp³-hybridized carbons (Fsp3) is 0.929. The standard InChI is InChI=1S/C14H29O4P/c1-6-9-19(16,18-8-3)11-13(10-12(4)5)14(15)17-7-2/h12-13H,6-11H2,1-5H3. The third-order valence-electron chi connectivity index (χ3n) is 2.80. The molecule has 0 heterocycles. The molecular weight excluding hydrogens is 263 g/mol. The Balaban J connectivity index is 4.84. The van der Waals surface area contributed by atoms with Gasteiger partial charge in [0, 0.05) is 12.3 Å². The Morgan fingerprint density at radius 1 is 1.16 bits per heavy atom. The fourth-order valence-corrected chi connectivity index (χ4v) is 4.73. The molecule has 5 heteroatoms. The van der Waals surface area contributed by atoms with E-state index in [-0.39, 0.29) is 11.9 Å². The summed E-state index contributed by atoms with van der Waals surface area (Å²) in [6.07, 6.45) is 2.34. The van der Waals surface area contributed by atoms with Crippen molar-refractivity contribution in [3.05, 3.63) is 0 Å². The summed E-state index contributed by atoms with van der Waals surface area (Å²) >= 11 is 0. The largest absolute Gasteiger partial charge is 0.466 e. The zero-order chi connectivity index (χ0) is 14.9. The summed E-state index contributed by atoms with van der Waals surface area (Å²) in [4.78, 5) is 12.0. The number of carbonyl (C=O) groups excluding carboxylic acids is 1. The van der Waals surface area contributed by atoms with Crippen molar-refractivity contribution in [1.82, 2.24) is 0 Å². The molecule has 4 nitrogen and oxygen atoms in total. The molecule has 114 valence electrons. The molecule has 0 aromatic rings. The van der Waals surface area contributed by atoms with E-state index in [4.69, 9.17) is 9.26 Å². The van der Waals surface area contributed by atoms with Crippen molar-refractivity contribution in [3.8, 4) is 0 Å². The molecule has 0 fully saturated rings. The van der Waals surface area contributed by atoms with Crippen LogP contribution in [0.25, 0.3) is 0 Å². The van der Waals surface area contributed by atoms with Gasteiger partial charge in [0.2, 0.25) is 7.37 Å². The van der Waals surface area contributed by atoms with Crippen LogP contribution in [-0.2, 0) is 18.6 Å². The van der Waals surface area contributed by atoms with Gasteiger partial charge in [0.05, 0.1) is 19.1 Å². The Labute approximate surface area is 117 Å². The second-order valence-electron chi connectivity index (χ2n) is 5.22. The lowest BCUT2D eigenvalue weighted by molar-refractivity contribution is -0.147. The highest BCUT2D eigenvalue weighted by Crippen LogP contribution is 2.49. The summed E-state index contributed by atoms with van der Waals surface area (Å²) in [5, 5.41) is 0. The van der Waals surface area contributed by atoms with Gasteiger partial charge in [-0.2, -0.15) is 0 Å². The normalized spacial score (nSPS) is 16.1. The summed E-state index contributed by atoms with van der Waals surface area (Å²) in [5.74, 6) is -0.192. The highest BCUT2D eigenvalue weighted by molar-refractivity contribution is 7.59. The molecule has 2 unspecified atom stereocenters. The van der Waals surface area contributed by atoms with E-state index in [1.165, 1.54) is 0 Å². The van der Waals surface area contributed by atoms with Gasteiger partial charge in [-0.25, -0.2) is 0 Å².